The maximum atomic E-state index is 8.63. The SMILES string of the molecule is [2H]c1ccc(N2c3ccccc3B3c4cc([2H])ccc4N(c4ccccc4)c4cc(C5CCCCC5)cc2c43)cc1. The van der Waals surface area contributed by atoms with Crippen molar-refractivity contribution in [1.82, 2.24) is 0 Å². The van der Waals surface area contributed by atoms with E-state index in [2.05, 4.69) is 101 Å². The normalized spacial score (nSPS) is 16.7. The van der Waals surface area contributed by atoms with Gasteiger partial charge in [-0.05, 0) is 89.2 Å². The van der Waals surface area contributed by atoms with Gasteiger partial charge in [0.2, 0.25) is 0 Å². The van der Waals surface area contributed by atoms with Crippen LogP contribution in [0.2, 0.25) is 0 Å². The molecule has 0 amide bonds. The highest BCUT2D eigenvalue weighted by Gasteiger charge is 2.43. The summed E-state index contributed by atoms with van der Waals surface area (Å²) in [5, 5.41) is 0. The zero-order valence-electron chi connectivity index (χ0n) is 24.0. The first-order valence-corrected chi connectivity index (χ1v) is 14.3. The van der Waals surface area contributed by atoms with Gasteiger partial charge < -0.3 is 9.80 Å². The predicted octanol–water partition coefficient (Wildman–Crippen LogP) is 7.82. The molecule has 0 saturated heterocycles. The summed E-state index contributed by atoms with van der Waals surface area (Å²) in [7, 11) is 0. The minimum atomic E-state index is 0.0311. The van der Waals surface area contributed by atoms with Crippen molar-refractivity contribution in [1.29, 1.82) is 0 Å². The van der Waals surface area contributed by atoms with E-state index in [1.807, 2.05) is 18.2 Å². The second-order valence-electron chi connectivity index (χ2n) is 11.0. The molecule has 1 saturated carbocycles. The van der Waals surface area contributed by atoms with Crippen LogP contribution in [-0.4, -0.2) is 6.71 Å². The van der Waals surface area contributed by atoms with Gasteiger partial charge in [0.05, 0.1) is 2.74 Å². The first-order chi connectivity index (χ1) is 20.2. The van der Waals surface area contributed by atoms with Crippen molar-refractivity contribution in [3.05, 3.63) is 127 Å². The van der Waals surface area contributed by atoms with Gasteiger partial charge in [0.25, 0.3) is 6.71 Å². The van der Waals surface area contributed by atoms with Gasteiger partial charge in [-0.15, -0.1) is 0 Å². The third-order valence-corrected chi connectivity index (χ3v) is 8.89. The Bertz CT molecular complexity index is 1760. The Morgan fingerprint density at radius 2 is 1.13 bits per heavy atom. The van der Waals surface area contributed by atoms with Crippen LogP contribution in [0.3, 0.4) is 0 Å². The number of rotatable bonds is 3. The molecular weight excluding hydrogens is 471 g/mol. The fraction of sp³-hybridized carbons (Fsp3) is 0.167. The molecule has 1 aliphatic carbocycles. The second kappa shape index (κ2) is 9.20. The monoisotopic (exact) mass is 504 g/mol. The van der Waals surface area contributed by atoms with E-state index in [1.54, 1.807) is 0 Å². The zero-order valence-corrected chi connectivity index (χ0v) is 22.0. The number of fused-ring (bicyclic) bond motifs is 4. The quantitative estimate of drug-likeness (QED) is 0.227. The molecule has 3 aliphatic rings. The maximum Gasteiger partial charge on any atom is 0.252 e. The molecule has 2 aliphatic heterocycles. The molecule has 188 valence electrons. The molecule has 1 fully saturated rings. The number of nitrogens with zero attached hydrogens (tertiary/aromatic N) is 2. The summed E-state index contributed by atoms with van der Waals surface area (Å²) in [5.41, 5.74) is 12.1. The van der Waals surface area contributed by atoms with Crippen LogP contribution in [0.4, 0.5) is 34.1 Å². The van der Waals surface area contributed by atoms with Crippen LogP contribution in [-0.2, 0) is 0 Å². The van der Waals surface area contributed by atoms with Crippen LogP contribution in [0, 0.1) is 0 Å². The molecule has 0 N–H and O–H groups in total. The lowest BCUT2D eigenvalue weighted by molar-refractivity contribution is 0.444. The molecule has 3 heteroatoms. The van der Waals surface area contributed by atoms with Gasteiger partial charge in [-0.1, -0.05) is 92.0 Å². The maximum absolute atomic E-state index is 8.63. The van der Waals surface area contributed by atoms with Crippen molar-refractivity contribution in [2.75, 3.05) is 9.80 Å². The molecule has 0 spiro atoms. The van der Waals surface area contributed by atoms with Crippen molar-refractivity contribution in [3.63, 3.8) is 0 Å². The van der Waals surface area contributed by atoms with Crippen molar-refractivity contribution >= 4 is 57.2 Å². The van der Waals surface area contributed by atoms with E-state index in [1.165, 1.54) is 71.1 Å². The molecule has 2 heterocycles. The van der Waals surface area contributed by atoms with Crippen LogP contribution >= 0.6 is 0 Å². The minimum Gasteiger partial charge on any atom is -0.311 e. The molecule has 0 radical (unpaired) electrons. The Balaban J connectivity index is 1.47. The molecule has 0 unspecified atom stereocenters. The fourth-order valence-corrected chi connectivity index (χ4v) is 7.19. The largest absolute Gasteiger partial charge is 0.311 e. The van der Waals surface area contributed by atoms with E-state index in [-0.39, 0.29) is 6.71 Å². The van der Waals surface area contributed by atoms with E-state index in [0.29, 0.717) is 18.0 Å². The molecular formula is C36H31BN2. The Kier molecular flexibility index (Phi) is 4.88. The van der Waals surface area contributed by atoms with Gasteiger partial charge in [0.15, 0.2) is 0 Å². The third-order valence-electron chi connectivity index (χ3n) is 8.89. The number of hydrogen-bond acceptors (Lipinski definition) is 2. The first kappa shape index (κ1) is 20.7. The highest BCUT2D eigenvalue weighted by Crippen LogP contribution is 2.46. The summed E-state index contributed by atoms with van der Waals surface area (Å²) in [6.45, 7) is 0.0311. The van der Waals surface area contributed by atoms with Crippen LogP contribution in [0.25, 0.3) is 0 Å². The van der Waals surface area contributed by atoms with Crippen molar-refractivity contribution in [2.45, 2.75) is 38.0 Å². The second-order valence-corrected chi connectivity index (χ2v) is 11.0. The molecule has 2 nitrogen and oxygen atoms in total. The fourth-order valence-electron chi connectivity index (χ4n) is 7.19. The van der Waals surface area contributed by atoms with Gasteiger partial charge in [-0.2, -0.15) is 0 Å². The van der Waals surface area contributed by atoms with Crippen molar-refractivity contribution in [3.8, 4) is 0 Å². The molecule has 0 bridgehead atoms. The summed E-state index contributed by atoms with van der Waals surface area (Å²) < 4.78 is 16.8. The van der Waals surface area contributed by atoms with E-state index in [4.69, 9.17) is 2.74 Å². The van der Waals surface area contributed by atoms with Crippen LogP contribution < -0.4 is 26.2 Å². The van der Waals surface area contributed by atoms with Gasteiger partial charge >= 0.3 is 0 Å². The molecule has 5 aromatic rings. The van der Waals surface area contributed by atoms with Gasteiger partial charge in [-0.3, -0.25) is 0 Å². The third kappa shape index (κ3) is 3.56. The average Bonchev–Trinajstić information content (AvgIpc) is 3.02. The van der Waals surface area contributed by atoms with Gasteiger partial charge in [0.1, 0.15) is 0 Å². The van der Waals surface area contributed by atoms with Crippen LogP contribution in [0.1, 0.15) is 46.3 Å². The van der Waals surface area contributed by atoms with Gasteiger partial charge in [0, 0.05) is 34.1 Å². The molecule has 39 heavy (non-hydrogen) atoms. The Labute approximate surface area is 234 Å². The summed E-state index contributed by atoms with van der Waals surface area (Å²) in [6.07, 6.45) is 6.36. The summed E-state index contributed by atoms with van der Waals surface area (Å²) in [4.78, 5) is 4.84. The zero-order chi connectivity index (χ0) is 27.5. The topological polar surface area (TPSA) is 6.48 Å². The lowest BCUT2D eigenvalue weighted by atomic mass is 9.33. The smallest absolute Gasteiger partial charge is 0.252 e. The Morgan fingerprint density at radius 1 is 0.564 bits per heavy atom. The predicted molar refractivity (Wildman–Crippen MR) is 166 cm³/mol. The molecule has 8 rings (SSSR count). The standard InChI is InChI=1S/C36H31BN2/c1-4-14-26(15-5-1)27-24-34-36-35(25-27)39(29-18-8-3-9-19-29)33-23-13-11-21-31(33)37(36)30-20-10-12-22-32(30)38(34)28-16-6-2-7-17-28/h2-3,6-13,16-26H,1,4-5,14-15H2/i2D,11D. The summed E-state index contributed by atoms with van der Waals surface area (Å²) in [6, 6.07) is 39.5. The number of anilines is 6. The van der Waals surface area contributed by atoms with Crippen molar-refractivity contribution < 1.29 is 2.74 Å². The Hall–Kier alpha value is -4.24. The minimum absolute atomic E-state index is 0.0311. The number of benzene rings is 5. The first-order valence-electron chi connectivity index (χ1n) is 15.3. The molecule has 0 atom stereocenters. The van der Waals surface area contributed by atoms with E-state index < -0.39 is 0 Å². The van der Waals surface area contributed by atoms with Crippen molar-refractivity contribution in [2.24, 2.45) is 0 Å². The molecule has 5 aromatic carbocycles. The summed E-state index contributed by atoms with van der Waals surface area (Å²) >= 11 is 0. The van der Waals surface area contributed by atoms with Crippen LogP contribution in [0.15, 0.2) is 121 Å². The Morgan fingerprint density at radius 3 is 1.85 bits per heavy atom. The van der Waals surface area contributed by atoms with E-state index in [9.17, 15) is 0 Å². The van der Waals surface area contributed by atoms with E-state index >= 15 is 0 Å². The van der Waals surface area contributed by atoms with Gasteiger partial charge in [-0.25, -0.2) is 0 Å². The number of hydrogen-bond donors (Lipinski definition) is 0. The lowest BCUT2D eigenvalue weighted by Gasteiger charge is -2.44. The van der Waals surface area contributed by atoms with E-state index in [0.717, 1.165) is 17.1 Å². The highest BCUT2D eigenvalue weighted by atomic mass is 15.2. The lowest BCUT2D eigenvalue weighted by Crippen LogP contribution is -2.61. The highest BCUT2D eigenvalue weighted by molar-refractivity contribution is 7.00. The number of para-hydroxylation sites is 4. The average molecular weight is 504 g/mol. The van der Waals surface area contributed by atoms with Crippen LogP contribution in [0.5, 0.6) is 0 Å². The molecule has 0 aromatic heterocycles. The summed E-state index contributed by atoms with van der Waals surface area (Å²) in [5.74, 6) is 0.549.